The number of nitrogens with two attached hydrogens (primary N) is 1. The first-order chi connectivity index (χ1) is 69.1. The molecule has 0 bridgehead atoms. The Morgan fingerprint density at radius 1 is 0.435 bits per heavy atom. The number of methoxy groups -OCH3 is 1. The van der Waals surface area contributed by atoms with Crippen molar-refractivity contribution in [3.8, 4) is 137 Å². The molecular weight excluding hydrogens is 1890 g/mol. The van der Waals surface area contributed by atoms with Gasteiger partial charge in [0.1, 0.15) is 77.1 Å². The van der Waals surface area contributed by atoms with E-state index < -0.39 is 16.6 Å². The van der Waals surface area contributed by atoms with E-state index in [9.17, 15) is 29.1 Å². The average Bonchev–Trinajstić information content (AvgIpc) is 1.55. The Hall–Kier alpha value is -14.3. The van der Waals surface area contributed by atoms with Crippen molar-refractivity contribution in [1.82, 2.24) is 128 Å². The SMILES string of the molecule is CC1(C)CC(Oc2ccc(-c3c(F)cc(-c4cn[nH]c4)cc3F)nn2)CC(C)(C)N1.CC1(C)CC(Oc2ccc(-c3ccc(O)cc3O)nn2)CC(C)(C)N1.CC1(C)CC(Oc2ccc(-c3nc(-c4cn[nH]c4)ncc3N)nn2)CC(C)(C)N1.CN(c1ccc(-c2ccc(-c3cn[nH]c3)cc2Cl)nn1)C1CC(C)(C)NC(C)(C)C1.COc1cc(-n2cc([N+](=O)[O-])cn2)ccc1-c1ccc(OC2CC(C)(C)NC(C)(C)C2)nn1. The fraction of sp³-hybridized carbons (Fsp3) is 0.439. The quantitative estimate of drug-likeness (QED) is 0.0235. The van der Waals surface area contributed by atoms with E-state index in [1.54, 1.807) is 74.5 Å². The number of aromatic nitrogens is 20. The highest BCUT2D eigenvalue weighted by molar-refractivity contribution is 6.33. The number of aromatic amines is 3. The number of nitrogens with one attached hydrogen (secondary N) is 8. The number of rotatable bonds is 21. The van der Waals surface area contributed by atoms with Gasteiger partial charge >= 0.3 is 5.69 Å². The molecule has 15 heterocycles. The number of anilines is 2. The van der Waals surface area contributed by atoms with Gasteiger partial charge in [0.2, 0.25) is 23.5 Å². The number of nitrogen functional groups attached to an aromatic ring is 1. The third-order valence-electron chi connectivity index (χ3n) is 25.8. The maximum Gasteiger partial charge on any atom is 0.307 e. The molecule has 14 aromatic rings. The van der Waals surface area contributed by atoms with Crippen molar-refractivity contribution in [1.29, 1.82) is 0 Å². The molecule has 4 aromatic carbocycles. The topological polar surface area (TPSA) is 478 Å². The maximum atomic E-state index is 14.7. The minimum absolute atomic E-state index is 0.00131. The van der Waals surface area contributed by atoms with E-state index in [1.165, 1.54) is 53.6 Å². The third-order valence-corrected chi connectivity index (χ3v) is 26.1. The zero-order valence-electron chi connectivity index (χ0n) is 87.2. The molecule has 0 spiro atoms. The zero-order valence-corrected chi connectivity index (χ0v) is 88.0. The van der Waals surface area contributed by atoms with Crippen LogP contribution in [0.3, 0.4) is 0 Å². The van der Waals surface area contributed by atoms with Gasteiger partial charge in [0.05, 0.1) is 87.1 Å². The molecule has 0 radical (unpaired) electrons. The van der Waals surface area contributed by atoms with Crippen molar-refractivity contribution < 1.29 is 47.6 Å². The molecule has 5 fully saturated rings. The molecule has 5 saturated heterocycles. The van der Waals surface area contributed by atoms with Gasteiger partial charge in [-0.25, -0.2) is 23.4 Å². The lowest BCUT2D eigenvalue weighted by Crippen LogP contribution is -2.62. The van der Waals surface area contributed by atoms with Gasteiger partial charge < -0.3 is 71.1 Å². The highest BCUT2D eigenvalue weighted by atomic mass is 35.5. The van der Waals surface area contributed by atoms with Gasteiger partial charge in [0.25, 0.3) is 0 Å². The van der Waals surface area contributed by atoms with Crippen LogP contribution in [-0.2, 0) is 0 Å². The van der Waals surface area contributed by atoms with E-state index in [0.29, 0.717) is 97.0 Å². The van der Waals surface area contributed by atoms with E-state index >= 15 is 0 Å². The van der Waals surface area contributed by atoms with Gasteiger partial charge in [-0.05, 0) is 241 Å². The predicted molar refractivity (Wildman–Crippen MR) is 561 cm³/mol. The summed E-state index contributed by atoms with van der Waals surface area (Å²) in [4.78, 5) is 21.5. The molecule has 19 rings (SSSR count). The van der Waals surface area contributed by atoms with Crippen LogP contribution < -0.4 is 60.9 Å². The number of H-pyrrole nitrogens is 3. The Morgan fingerprint density at radius 2 is 0.830 bits per heavy atom. The zero-order chi connectivity index (χ0) is 106. The number of hydrogen-bond donors (Lipinski definition) is 11. The Morgan fingerprint density at radius 3 is 1.22 bits per heavy atom. The fourth-order valence-corrected chi connectivity index (χ4v) is 21.8. The number of nitro groups is 1. The van der Waals surface area contributed by atoms with Crippen LogP contribution in [0.15, 0.2) is 183 Å². The van der Waals surface area contributed by atoms with Gasteiger partial charge in [-0.15, -0.1) is 51.0 Å². The van der Waals surface area contributed by atoms with Gasteiger partial charge in [0, 0.05) is 203 Å². The molecule has 10 aromatic heterocycles. The summed E-state index contributed by atoms with van der Waals surface area (Å²) in [5.41, 5.74) is 15.8. The van der Waals surface area contributed by atoms with Crippen LogP contribution in [0.2, 0.25) is 5.02 Å². The van der Waals surface area contributed by atoms with Crippen molar-refractivity contribution in [3.63, 3.8) is 0 Å². The van der Waals surface area contributed by atoms with Gasteiger partial charge in [-0.1, -0.05) is 23.7 Å². The Balaban J connectivity index is 0.000000138. The number of nitrogens with zero attached hydrogens (tertiary/aromatic N) is 19. The van der Waals surface area contributed by atoms with Crippen molar-refractivity contribution in [2.45, 2.75) is 289 Å². The lowest BCUT2D eigenvalue weighted by atomic mass is 9.79. The molecule has 0 unspecified atom stereocenters. The van der Waals surface area contributed by atoms with Crippen LogP contribution >= 0.6 is 11.6 Å². The molecule has 5 aliphatic heterocycles. The minimum atomic E-state index is -0.712. The highest BCUT2D eigenvalue weighted by Gasteiger charge is 2.45. The van der Waals surface area contributed by atoms with E-state index in [-0.39, 0.29) is 108 Å². The molecule has 37 nitrogen and oxygen atoms in total. The number of phenolic OH excluding ortho intramolecular Hbond substituents is 2. The number of piperidine rings is 5. The van der Waals surface area contributed by atoms with Gasteiger partial charge in [-0.2, -0.15) is 20.4 Å². The largest absolute Gasteiger partial charge is 0.508 e. The molecule has 12 N–H and O–H groups in total. The number of phenols is 2. The molecular formula is C107H133ClF2N28O9. The molecule has 776 valence electrons. The van der Waals surface area contributed by atoms with E-state index in [4.69, 9.17) is 41.0 Å². The Kier molecular flexibility index (Phi) is 31.3. The first-order valence-electron chi connectivity index (χ1n) is 49.0. The summed E-state index contributed by atoms with van der Waals surface area (Å²) in [6.07, 6.45) is 23.4. The normalized spacial score (nSPS) is 18.4. The van der Waals surface area contributed by atoms with E-state index in [2.05, 4.69) is 274 Å². The minimum Gasteiger partial charge on any atom is -0.508 e. The summed E-state index contributed by atoms with van der Waals surface area (Å²) in [6.45, 7) is 43.8. The number of benzene rings is 4. The summed E-state index contributed by atoms with van der Waals surface area (Å²) < 4.78 is 60.7. The fourth-order valence-electron chi connectivity index (χ4n) is 21.5. The molecule has 0 saturated carbocycles. The van der Waals surface area contributed by atoms with Crippen LogP contribution in [0.4, 0.5) is 26.0 Å². The number of halogens is 3. The lowest BCUT2D eigenvalue weighted by Gasteiger charge is -2.49. The summed E-state index contributed by atoms with van der Waals surface area (Å²) in [6, 6.07) is 36.6. The predicted octanol–water partition coefficient (Wildman–Crippen LogP) is 19.2. The summed E-state index contributed by atoms with van der Waals surface area (Å²) in [7, 11) is 3.66. The average molecular weight is 2030 g/mol. The third kappa shape index (κ3) is 28.3. The molecule has 0 atom stereocenters. The molecule has 147 heavy (non-hydrogen) atoms. The first kappa shape index (κ1) is 107. The molecule has 0 aliphatic carbocycles. The molecule has 5 aliphatic rings. The van der Waals surface area contributed by atoms with E-state index in [0.717, 1.165) is 104 Å². The van der Waals surface area contributed by atoms with E-state index in [1.807, 2.05) is 66.9 Å². The Bertz CT molecular complexity index is 6730. The second kappa shape index (κ2) is 43.0. The number of aromatic hydroxyl groups is 2. The molecule has 40 heteroatoms. The lowest BCUT2D eigenvalue weighted by molar-refractivity contribution is -0.384. The monoisotopic (exact) mass is 2030 g/mol. The van der Waals surface area contributed by atoms with Crippen molar-refractivity contribution in [3.05, 3.63) is 210 Å². The summed E-state index contributed by atoms with van der Waals surface area (Å²) in [5, 5.41) is 116. The van der Waals surface area contributed by atoms with Crippen LogP contribution in [0.5, 0.6) is 40.8 Å². The van der Waals surface area contributed by atoms with Crippen molar-refractivity contribution in [2.24, 2.45) is 0 Å². The van der Waals surface area contributed by atoms with Crippen molar-refractivity contribution in [2.75, 3.05) is 24.8 Å². The second-order valence-corrected chi connectivity index (χ2v) is 45.4. The first-order valence-corrected chi connectivity index (χ1v) is 49.4. The summed E-state index contributed by atoms with van der Waals surface area (Å²) >= 11 is 6.55. The summed E-state index contributed by atoms with van der Waals surface area (Å²) in [5.74, 6) is 2.28. The van der Waals surface area contributed by atoms with Crippen LogP contribution in [0.1, 0.15) is 203 Å². The number of hydrogen-bond acceptors (Lipinski definition) is 32. The van der Waals surface area contributed by atoms with Crippen LogP contribution in [-0.4, -0.2) is 216 Å². The maximum absolute atomic E-state index is 14.7. The smallest absolute Gasteiger partial charge is 0.307 e. The molecule has 0 amide bonds. The van der Waals surface area contributed by atoms with Crippen molar-refractivity contribution >= 4 is 28.8 Å². The van der Waals surface area contributed by atoms with Gasteiger partial charge in [-0.3, -0.25) is 25.4 Å². The van der Waals surface area contributed by atoms with Gasteiger partial charge in [0.15, 0.2) is 11.6 Å². The van der Waals surface area contributed by atoms with Crippen LogP contribution in [0.25, 0.3) is 95.7 Å². The highest BCUT2D eigenvalue weighted by Crippen LogP contribution is 2.42. The van der Waals surface area contributed by atoms with Crippen LogP contribution in [0, 0.1) is 21.7 Å². The Labute approximate surface area is 859 Å². The number of ether oxygens (including phenoxy) is 5. The second-order valence-electron chi connectivity index (χ2n) is 45.0. The standard InChI is InChI=1S/C23H29ClN6.C23H28N6O4.C22H25F2N5O.C20H26N8O.C19H25N3O3/c1-22(2)11-17(12-23(3,4)29-22)30(5)21-9-8-20(27-28-21)18-7-6-15(10-19(18)24)16-13-25-26-14-16;1-22(2)11-17(12-23(3,4)27-22)33-21-9-8-19(25-26-21)18-7-6-15(10-20(18)32-5)28-14-16(13-24-28)29(30)31;1-21(2)9-15(10-22(3,4)29-21)30-19-6-5-18(27-28-19)20-16(23)7-13(8-17(20)24)14-11-25-26-12-14;1-19(2)7-13(8-20(3,4)28-19)29-16-6-5-15(26-27-16)17-14(21)11-22-18(25-17)12-9-23-24-10-12;1-18(2)10-13(11-19(3,4)22-18)25-17-8-7-15(20-21-17)14-6-5-12(23)9-16(14)24/h6-10,13-14,17,29H,11-12H2,1-5H3,(H,25,26);6-10,13-14,17,27H,11-12H2,1-5H3;5-8,11-12,15,29H,9-10H2,1-4H3,(H,25,26);5-6,9-11,13,28H,7-8,21H2,1-4H3,(H,23,24);5-9,13,22-24H,10-11H2,1-4H3.